The molecule has 5 nitrogen and oxygen atoms in total. The Kier molecular flexibility index (Phi) is 7.81. The van der Waals surface area contributed by atoms with Crippen LogP contribution in [-0.4, -0.2) is 42.3 Å². The fourth-order valence-electron chi connectivity index (χ4n) is 2.82. The molecule has 1 N–H and O–H groups in total. The van der Waals surface area contributed by atoms with Crippen molar-refractivity contribution in [3.63, 3.8) is 0 Å². The Bertz CT molecular complexity index is 880. The van der Waals surface area contributed by atoms with Crippen LogP contribution in [0.2, 0.25) is 0 Å². The second-order valence-electron chi connectivity index (χ2n) is 6.74. The number of aryl methyl sites for hydroxylation is 2. The number of carbonyl (C=O) groups excluding carboxylic acids is 3. The molecule has 0 saturated heterocycles. The van der Waals surface area contributed by atoms with Gasteiger partial charge in [-0.1, -0.05) is 29.8 Å². The van der Waals surface area contributed by atoms with Gasteiger partial charge in [0.2, 0.25) is 11.8 Å². The highest BCUT2D eigenvalue weighted by molar-refractivity contribution is 7.98. The zero-order valence-electron chi connectivity index (χ0n) is 16.7. The van der Waals surface area contributed by atoms with Crippen LogP contribution < -0.4 is 5.32 Å². The van der Waals surface area contributed by atoms with Crippen molar-refractivity contribution >= 4 is 35.0 Å². The van der Waals surface area contributed by atoms with Crippen molar-refractivity contribution in [2.24, 2.45) is 0 Å². The molecule has 0 radical (unpaired) electrons. The molecule has 0 saturated carbocycles. The maximum absolute atomic E-state index is 12.4. The van der Waals surface area contributed by atoms with Gasteiger partial charge in [0.15, 0.2) is 5.78 Å². The summed E-state index contributed by atoms with van der Waals surface area (Å²) >= 11 is 1.54. The Labute approximate surface area is 170 Å². The van der Waals surface area contributed by atoms with Crippen molar-refractivity contribution < 1.29 is 14.4 Å². The number of anilines is 1. The summed E-state index contributed by atoms with van der Waals surface area (Å²) in [5, 5.41) is 2.83. The molecule has 2 aromatic carbocycles. The van der Waals surface area contributed by atoms with Crippen LogP contribution in [0.15, 0.2) is 47.4 Å². The highest BCUT2D eigenvalue weighted by atomic mass is 32.2. The minimum Gasteiger partial charge on any atom is -0.336 e. The summed E-state index contributed by atoms with van der Waals surface area (Å²) in [5.41, 5.74) is 3.30. The first-order valence-electron chi connectivity index (χ1n) is 9.09. The van der Waals surface area contributed by atoms with Crippen LogP contribution in [0.3, 0.4) is 0 Å². The second-order valence-corrected chi connectivity index (χ2v) is 7.59. The predicted octanol–water partition coefficient (Wildman–Crippen LogP) is 4.09. The van der Waals surface area contributed by atoms with Gasteiger partial charge in [0.05, 0.1) is 12.2 Å². The number of para-hydroxylation sites is 1. The first-order chi connectivity index (χ1) is 13.3. The van der Waals surface area contributed by atoms with Crippen molar-refractivity contribution in [3.8, 4) is 0 Å². The van der Waals surface area contributed by atoms with Gasteiger partial charge in [-0.2, -0.15) is 0 Å². The lowest BCUT2D eigenvalue weighted by Gasteiger charge is -2.17. The van der Waals surface area contributed by atoms with Gasteiger partial charge in [0.25, 0.3) is 0 Å². The summed E-state index contributed by atoms with van der Waals surface area (Å²) in [6.07, 6.45) is 2.15. The molecular formula is C22H26N2O3S. The molecule has 0 atom stereocenters. The molecule has 0 heterocycles. The molecule has 6 heteroatoms. The minimum atomic E-state index is -0.266. The average Bonchev–Trinajstić information content (AvgIpc) is 2.67. The number of carbonyl (C=O) groups is 3. The van der Waals surface area contributed by atoms with Crippen molar-refractivity contribution in [1.29, 1.82) is 0 Å². The fraction of sp³-hybridized carbons (Fsp3) is 0.318. The number of hydrogen-bond donors (Lipinski definition) is 1. The molecule has 0 fully saturated rings. The van der Waals surface area contributed by atoms with E-state index in [1.807, 2.05) is 62.6 Å². The molecule has 2 rings (SSSR count). The van der Waals surface area contributed by atoms with Crippen LogP contribution in [0, 0.1) is 13.8 Å². The normalized spacial score (nSPS) is 10.4. The maximum atomic E-state index is 12.4. The van der Waals surface area contributed by atoms with E-state index < -0.39 is 0 Å². The summed E-state index contributed by atoms with van der Waals surface area (Å²) in [4.78, 5) is 39.3. The number of hydrogen-bond acceptors (Lipinski definition) is 4. The second kappa shape index (κ2) is 10.1. The van der Waals surface area contributed by atoms with Crippen LogP contribution >= 0.6 is 11.8 Å². The van der Waals surface area contributed by atoms with Crippen molar-refractivity contribution in [2.45, 2.75) is 31.6 Å². The van der Waals surface area contributed by atoms with E-state index in [0.717, 1.165) is 21.7 Å². The predicted molar refractivity (Wildman–Crippen MR) is 114 cm³/mol. The Balaban J connectivity index is 1.87. The third kappa shape index (κ3) is 5.96. The highest BCUT2D eigenvalue weighted by Crippen LogP contribution is 2.24. The number of thioether (sulfide) groups is 1. The van der Waals surface area contributed by atoms with Crippen LogP contribution in [0.4, 0.5) is 5.69 Å². The Hall–Kier alpha value is -2.60. The smallest absolute Gasteiger partial charge is 0.244 e. The number of Topliss-reactive ketones (excluding diaryl/α,β-unsaturated/α-hetero) is 1. The zero-order chi connectivity index (χ0) is 20.7. The van der Waals surface area contributed by atoms with E-state index in [0.29, 0.717) is 5.56 Å². The van der Waals surface area contributed by atoms with Crippen LogP contribution in [0.25, 0.3) is 0 Å². The van der Waals surface area contributed by atoms with E-state index in [9.17, 15) is 14.4 Å². The quantitative estimate of drug-likeness (QED) is 0.537. The average molecular weight is 399 g/mol. The molecule has 0 aliphatic heterocycles. The van der Waals surface area contributed by atoms with Gasteiger partial charge < -0.3 is 10.2 Å². The molecule has 0 aliphatic carbocycles. The van der Waals surface area contributed by atoms with Crippen LogP contribution in [0.5, 0.6) is 0 Å². The molecule has 0 aliphatic rings. The lowest BCUT2D eigenvalue weighted by molar-refractivity contribution is -0.133. The number of amides is 2. The third-order valence-corrected chi connectivity index (χ3v) is 5.24. The summed E-state index contributed by atoms with van der Waals surface area (Å²) in [6, 6.07) is 13.2. The molecule has 0 unspecified atom stereocenters. The van der Waals surface area contributed by atoms with E-state index >= 15 is 0 Å². The summed E-state index contributed by atoms with van der Waals surface area (Å²) in [6.45, 7) is 3.76. The van der Waals surface area contributed by atoms with Crippen molar-refractivity contribution in [3.05, 3.63) is 59.2 Å². The molecule has 0 spiro atoms. The van der Waals surface area contributed by atoms with Crippen molar-refractivity contribution in [1.82, 2.24) is 4.90 Å². The largest absolute Gasteiger partial charge is 0.336 e. The van der Waals surface area contributed by atoms with Gasteiger partial charge >= 0.3 is 0 Å². The lowest BCUT2D eigenvalue weighted by atomic mass is 9.99. The number of nitrogens with zero attached hydrogens (tertiary/aromatic N) is 1. The molecule has 2 amide bonds. The first-order valence-corrected chi connectivity index (χ1v) is 10.3. The molecule has 0 bridgehead atoms. The van der Waals surface area contributed by atoms with Gasteiger partial charge in [-0.05, 0) is 43.9 Å². The highest BCUT2D eigenvalue weighted by Gasteiger charge is 2.17. The number of rotatable bonds is 8. The van der Waals surface area contributed by atoms with E-state index in [1.165, 1.54) is 4.90 Å². The van der Waals surface area contributed by atoms with Gasteiger partial charge in [-0.3, -0.25) is 14.4 Å². The monoisotopic (exact) mass is 398 g/mol. The van der Waals surface area contributed by atoms with Gasteiger partial charge in [-0.25, -0.2) is 0 Å². The molecule has 28 heavy (non-hydrogen) atoms. The Morgan fingerprint density at radius 1 is 1.04 bits per heavy atom. The maximum Gasteiger partial charge on any atom is 0.244 e. The van der Waals surface area contributed by atoms with E-state index in [4.69, 9.17) is 0 Å². The summed E-state index contributed by atoms with van der Waals surface area (Å²) in [5.74, 6) is -0.550. The molecule has 2 aromatic rings. The van der Waals surface area contributed by atoms with Gasteiger partial charge in [-0.15, -0.1) is 11.8 Å². The van der Waals surface area contributed by atoms with E-state index in [-0.39, 0.29) is 37.0 Å². The van der Waals surface area contributed by atoms with Crippen LogP contribution in [-0.2, 0) is 9.59 Å². The fourth-order valence-corrected chi connectivity index (χ4v) is 3.38. The Morgan fingerprint density at radius 2 is 1.75 bits per heavy atom. The molecular weight excluding hydrogens is 372 g/mol. The topological polar surface area (TPSA) is 66.5 Å². The van der Waals surface area contributed by atoms with E-state index in [1.54, 1.807) is 18.8 Å². The van der Waals surface area contributed by atoms with Gasteiger partial charge in [0, 0.05) is 30.3 Å². The van der Waals surface area contributed by atoms with Gasteiger partial charge in [0.1, 0.15) is 0 Å². The van der Waals surface area contributed by atoms with Crippen molar-refractivity contribution in [2.75, 3.05) is 25.2 Å². The number of benzene rings is 2. The lowest BCUT2D eigenvalue weighted by Crippen LogP contribution is -2.35. The van der Waals surface area contributed by atoms with Crippen LogP contribution in [0.1, 0.15) is 34.3 Å². The first kappa shape index (κ1) is 21.7. The summed E-state index contributed by atoms with van der Waals surface area (Å²) < 4.78 is 0. The zero-order valence-corrected chi connectivity index (χ0v) is 17.6. The molecule has 148 valence electrons. The van der Waals surface area contributed by atoms with E-state index in [2.05, 4.69) is 5.32 Å². The SMILES string of the molecule is CSc1ccccc1NC(=O)CN(C)C(=O)CCC(=O)c1cc(C)ccc1C. The Morgan fingerprint density at radius 3 is 2.46 bits per heavy atom. The molecule has 0 aromatic heterocycles. The third-order valence-electron chi connectivity index (χ3n) is 4.45. The number of nitrogens with one attached hydrogen (secondary N) is 1. The number of likely N-dealkylation sites (N-methyl/N-ethyl adjacent to an activating group) is 1. The number of ketones is 1. The minimum absolute atomic E-state index is 0.0544. The summed E-state index contributed by atoms with van der Waals surface area (Å²) in [7, 11) is 1.57. The standard InChI is InChI=1S/C22H26N2O3S/c1-15-9-10-16(2)17(13-15)19(25)11-12-22(27)24(3)14-21(26)23-18-7-5-6-8-20(18)28-4/h5-10,13H,11-12,14H2,1-4H3,(H,23,26).